The third-order valence-corrected chi connectivity index (χ3v) is 9.67. The molecule has 2 saturated heterocycles. The van der Waals surface area contributed by atoms with Gasteiger partial charge in [0, 0.05) is 42.8 Å². The lowest BCUT2D eigenvalue weighted by Crippen LogP contribution is -2.40. The molecule has 0 aliphatic carbocycles. The number of benzene rings is 1. The molecule has 194 valence electrons. The van der Waals surface area contributed by atoms with E-state index in [-0.39, 0.29) is 11.0 Å². The highest BCUT2D eigenvalue weighted by molar-refractivity contribution is 7.98. The first kappa shape index (κ1) is 25.5. The summed E-state index contributed by atoms with van der Waals surface area (Å²) < 4.78 is 46.9. The maximum Gasteiger partial charge on any atom is 0.243 e. The first-order valence-electron chi connectivity index (χ1n) is 12.2. The normalized spacial score (nSPS) is 19.2. The molecule has 1 atom stereocenters. The van der Waals surface area contributed by atoms with Gasteiger partial charge < -0.3 is 18.8 Å². The van der Waals surface area contributed by atoms with E-state index in [9.17, 15) is 8.42 Å². The molecular weight excluding hydrogens is 500 g/mol. The van der Waals surface area contributed by atoms with E-state index < -0.39 is 10.0 Å². The lowest BCUT2D eigenvalue weighted by molar-refractivity contribution is 0.0730. The molecule has 1 aromatic carbocycles. The van der Waals surface area contributed by atoms with Gasteiger partial charge in [0.1, 0.15) is 5.75 Å². The summed E-state index contributed by atoms with van der Waals surface area (Å²) in [6, 6.07) is 5.24. The molecule has 2 fully saturated rings. The highest BCUT2D eigenvalue weighted by Gasteiger charge is 2.28. The van der Waals surface area contributed by atoms with E-state index in [1.165, 1.54) is 4.31 Å². The molecule has 5 rings (SSSR count). The van der Waals surface area contributed by atoms with Gasteiger partial charge in [0.25, 0.3) is 0 Å². The number of rotatable bonds is 8. The molecular formula is C25H32N4O5S2. The molecule has 0 bridgehead atoms. The lowest BCUT2D eigenvalue weighted by Gasteiger charge is -2.26. The molecule has 0 N–H and O–H groups in total. The zero-order chi connectivity index (χ0) is 25.3. The highest BCUT2D eigenvalue weighted by atomic mass is 32.2. The van der Waals surface area contributed by atoms with Crippen molar-refractivity contribution in [2.24, 2.45) is 0 Å². The zero-order valence-electron chi connectivity index (χ0n) is 20.9. The van der Waals surface area contributed by atoms with Gasteiger partial charge >= 0.3 is 0 Å². The number of methoxy groups -OCH3 is 1. The van der Waals surface area contributed by atoms with Gasteiger partial charge in [-0.2, -0.15) is 4.31 Å². The van der Waals surface area contributed by atoms with Crippen LogP contribution in [0.25, 0.3) is 11.0 Å². The second-order valence-electron chi connectivity index (χ2n) is 9.14. The fourth-order valence-electron chi connectivity index (χ4n) is 4.81. The van der Waals surface area contributed by atoms with Crippen LogP contribution in [0.1, 0.15) is 29.7 Å². The number of fused-ring (bicyclic) bond motifs is 1. The number of hydrogen-bond acceptors (Lipinski definition) is 8. The quantitative estimate of drug-likeness (QED) is 0.407. The number of hydrogen-bond donors (Lipinski definition) is 0. The minimum atomic E-state index is -3.60. The van der Waals surface area contributed by atoms with Crippen LogP contribution in [0.5, 0.6) is 5.75 Å². The molecule has 4 heterocycles. The Morgan fingerprint density at radius 2 is 2.00 bits per heavy atom. The number of thioether (sulfide) groups is 1. The summed E-state index contributed by atoms with van der Waals surface area (Å²) in [4.78, 5) is 9.77. The second-order valence-corrected chi connectivity index (χ2v) is 12.0. The number of aromatic nitrogens is 3. The molecule has 2 aliphatic heterocycles. The van der Waals surface area contributed by atoms with Crippen LogP contribution in [0.3, 0.4) is 0 Å². The van der Waals surface area contributed by atoms with Gasteiger partial charge in [-0.05, 0) is 44.9 Å². The number of aryl methyl sites for hydroxylation is 1. The molecule has 0 amide bonds. The fraction of sp³-hybridized carbons (Fsp3) is 0.520. The molecule has 0 unspecified atom stereocenters. The minimum Gasteiger partial charge on any atom is -0.496 e. The number of nitrogens with zero attached hydrogens (tertiary/aromatic N) is 4. The number of sulfonamides is 1. The van der Waals surface area contributed by atoms with Crippen molar-refractivity contribution in [3.05, 3.63) is 41.2 Å². The Morgan fingerprint density at radius 1 is 1.19 bits per heavy atom. The number of ether oxygens (including phenoxy) is 3. The van der Waals surface area contributed by atoms with E-state index in [0.717, 1.165) is 52.7 Å². The molecule has 11 heteroatoms. The van der Waals surface area contributed by atoms with Gasteiger partial charge in [0.15, 0.2) is 5.16 Å². The highest BCUT2D eigenvalue weighted by Crippen LogP contribution is 2.32. The summed E-state index contributed by atoms with van der Waals surface area (Å²) >= 11 is 1.59. The van der Waals surface area contributed by atoms with Gasteiger partial charge in [-0.1, -0.05) is 11.8 Å². The summed E-state index contributed by atoms with van der Waals surface area (Å²) in [5.74, 6) is 1.47. The minimum absolute atomic E-state index is 0.123. The van der Waals surface area contributed by atoms with Crippen molar-refractivity contribution < 1.29 is 22.6 Å². The maximum atomic E-state index is 13.2. The standard InChI is InChI=1S/C25H32N4O5S2/c1-17-14-26-22(18(2)24(17)32-3)16-35-25-27-21-13-20(36(30,31)28-8-11-33-12-9-28)6-7-23(21)29(25)15-19-5-4-10-34-19/h6-7,13-14,19H,4-5,8-12,15-16H2,1-3H3/t19-/m0/s1. The van der Waals surface area contributed by atoms with Crippen molar-refractivity contribution in [2.75, 3.05) is 40.0 Å². The van der Waals surface area contributed by atoms with Crippen LogP contribution < -0.4 is 4.74 Å². The van der Waals surface area contributed by atoms with E-state index in [2.05, 4.69) is 9.55 Å². The Hall–Kier alpha value is -2.18. The largest absolute Gasteiger partial charge is 0.496 e. The van der Waals surface area contributed by atoms with Crippen molar-refractivity contribution in [1.29, 1.82) is 0 Å². The van der Waals surface area contributed by atoms with Gasteiger partial charge in [-0.3, -0.25) is 4.98 Å². The van der Waals surface area contributed by atoms with Crippen molar-refractivity contribution in [3.63, 3.8) is 0 Å². The Labute approximate surface area is 216 Å². The van der Waals surface area contributed by atoms with Crippen LogP contribution in [-0.2, 0) is 31.8 Å². The number of pyridine rings is 1. The summed E-state index contributed by atoms with van der Waals surface area (Å²) in [6.07, 6.45) is 4.01. The molecule has 9 nitrogen and oxygen atoms in total. The summed E-state index contributed by atoms with van der Waals surface area (Å²) in [5, 5.41) is 0.821. The smallest absolute Gasteiger partial charge is 0.243 e. The van der Waals surface area contributed by atoms with E-state index in [4.69, 9.17) is 19.2 Å². The van der Waals surface area contributed by atoms with Crippen molar-refractivity contribution in [3.8, 4) is 5.75 Å². The fourth-order valence-corrected chi connectivity index (χ4v) is 7.29. The molecule has 0 saturated carbocycles. The molecule has 3 aromatic rings. The van der Waals surface area contributed by atoms with Gasteiger partial charge in [-0.25, -0.2) is 13.4 Å². The van der Waals surface area contributed by atoms with E-state index in [1.54, 1.807) is 31.0 Å². The van der Waals surface area contributed by atoms with Crippen LogP contribution in [-0.4, -0.2) is 73.4 Å². The molecule has 0 spiro atoms. The first-order valence-corrected chi connectivity index (χ1v) is 14.6. The maximum absolute atomic E-state index is 13.2. The predicted octanol–water partition coefficient (Wildman–Crippen LogP) is 3.55. The van der Waals surface area contributed by atoms with Gasteiger partial charge in [0.05, 0.1) is 54.6 Å². The third-order valence-electron chi connectivity index (χ3n) is 6.79. The average Bonchev–Trinajstić information content (AvgIpc) is 3.52. The molecule has 36 heavy (non-hydrogen) atoms. The molecule has 0 radical (unpaired) electrons. The van der Waals surface area contributed by atoms with E-state index in [0.29, 0.717) is 44.1 Å². The topological polar surface area (TPSA) is 95.8 Å². The van der Waals surface area contributed by atoms with Gasteiger partial charge in [0.2, 0.25) is 10.0 Å². The predicted molar refractivity (Wildman–Crippen MR) is 138 cm³/mol. The molecule has 2 aliphatic rings. The summed E-state index contributed by atoms with van der Waals surface area (Å²) in [7, 11) is -1.93. The van der Waals surface area contributed by atoms with Crippen LogP contribution >= 0.6 is 11.8 Å². The lowest BCUT2D eigenvalue weighted by atomic mass is 10.1. The second kappa shape index (κ2) is 10.7. The SMILES string of the molecule is COc1c(C)cnc(CSc2nc3cc(S(=O)(=O)N4CCOCC4)ccc3n2C[C@@H]2CCCO2)c1C. The Balaban J connectivity index is 1.48. The van der Waals surface area contributed by atoms with Crippen LogP contribution in [0, 0.1) is 13.8 Å². The van der Waals surface area contributed by atoms with Crippen LogP contribution in [0.4, 0.5) is 0 Å². The zero-order valence-corrected chi connectivity index (χ0v) is 22.5. The Bertz CT molecular complexity index is 1350. The van der Waals surface area contributed by atoms with E-state index >= 15 is 0 Å². The average molecular weight is 533 g/mol. The Morgan fingerprint density at radius 3 is 2.72 bits per heavy atom. The third kappa shape index (κ3) is 4.99. The number of imidazole rings is 1. The summed E-state index contributed by atoms with van der Waals surface area (Å²) in [6.45, 7) is 7.01. The first-order chi connectivity index (χ1) is 17.4. The Kier molecular flexibility index (Phi) is 7.55. The van der Waals surface area contributed by atoms with Gasteiger partial charge in [-0.15, -0.1) is 0 Å². The van der Waals surface area contributed by atoms with Crippen molar-refractivity contribution in [2.45, 2.75) is 55.1 Å². The van der Waals surface area contributed by atoms with Crippen LogP contribution in [0.2, 0.25) is 0 Å². The van der Waals surface area contributed by atoms with E-state index in [1.807, 2.05) is 26.1 Å². The summed E-state index contributed by atoms with van der Waals surface area (Å²) in [5.41, 5.74) is 4.53. The van der Waals surface area contributed by atoms with Crippen molar-refractivity contribution >= 4 is 32.8 Å². The molecule has 2 aromatic heterocycles. The monoisotopic (exact) mass is 532 g/mol. The van der Waals surface area contributed by atoms with Crippen molar-refractivity contribution in [1.82, 2.24) is 18.8 Å². The number of morpholine rings is 1. The van der Waals surface area contributed by atoms with Crippen LogP contribution in [0.15, 0.2) is 34.4 Å².